The fourth-order valence-electron chi connectivity index (χ4n) is 4.42. The van der Waals surface area contributed by atoms with Crippen molar-refractivity contribution in [2.45, 2.75) is 76.7 Å². The summed E-state index contributed by atoms with van der Waals surface area (Å²) in [6.07, 6.45) is 15.1. The average molecular weight is 364 g/mol. The molecule has 5 heteroatoms. The summed E-state index contributed by atoms with van der Waals surface area (Å²) in [6, 6.07) is 0.568. The van der Waals surface area contributed by atoms with Crippen molar-refractivity contribution >= 4 is 23.2 Å². The third kappa shape index (κ3) is 5.70. The van der Waals surface area contributed by atoms with Crippen molar-refractivity contribution in [3.05, 3.63) is 11.6 Å². The molecule has 1 saturated heterocycles. The Bertz CT molecular complexity index is 499. The van der Waals surface area contributed by atoms with E-state index in [1.807, 2.05) is 0 Å². The normalized spacial score (nSPS) is 23.8. The molecule has 0 aromatic heterocycles. The average Bonchev–Trinajstić information content (AvgIpc) is 3.13. The van der Waals surface area contributed by atoms with Gasteiger partial charge in [-0.2, -0.15) is 0 Å². The molecule has 140 valence electrons. The Balaban J connectivity index is 1.26. The standard InChI is InChI=1S/C20H33N3OS/c24-19(23-14-12-16-7-1-2-8-17(16)15-23)11-5-6-13-21-20(25)22-18-9-3-4-10-18/h8,16,18H,1-7,9-15H2,(H2,21,22,25). The van der Waals surface area contributed by atoms with Crippen LogP contribution in [0.2, 0.25) is 0 Å². The number of hydrogen-bond acceptors (Lipinski definition) is 2. The van der Waals surface area contributed by atoms with E-state index in [0.29, 0.717) is 18.4 Å². The lowest BCUT2D eigenvalue weighted by Gasteiger charge is -2.36. The summed E-state index contributed by atoms with van der Waals surface area (Å²) in [5, 5.41) is 7.46. The second kappa shape index (κ2) is 9.56. The number of nitrogens with one attached hydrogen (secondary N) is 2. The minimum atomic E-state index is 0.330. The molecule has 2 N–H and O–H groups in total. The lowest BCUT2D eigenvalue weighted by Crippen LogP contribution is -2.41. The molecule has 1 atom stereocenters. The summed E-state index contributed by atoms with van der Waals surface area (Å²) in [5.41, 5.74) is 1.52. The summed E-state index contributed by atoms with van der Waals surface area (Å²) in [4.78, 5) is 14.5. The molecule has 2 fully saturated rings. The summed E-state index contributed by atoms with van der Waals surface area (Å²) < 4.78 is 0. The molecular formula is C20H33N3OS. The van der Waals surface area contributed by atoms with Crippen LogP contribution in [0.1, 0.15) is 70.6 Å². The molecule has 1 amide bonds. The van der Waals surface area contributed by atoms with Crippen molar-refractivity contribution < 1.29 is 4.79 Å². The Morgan fingerprint density at radius 2 is 2.00 bits per heavy atom. The van der Waals surface area contributed by atoms with Crippen LogP contribution in [0.4, 0.5) is 0 Å². The van der Waals surface area contributed by atoms with Crippen molar-refractivity contribution in [2.24, 2.45) is 5.92 Å². The first kappa shape index (κ1) is 18.7. The second-order valence-electron chi connectivity index (χ2n) is 7.85. The quantitative estimate of drug-likeness (QED) is 0.430. The van der Waals surface area contributed by atoms with Gasteiger partial charge in [0, 0.05) is 32.1 Å². The van der Waals surface area contributed by atoms with Crippen LogP contribution in [0.25, 0.3) is 0 Å². The number of thiocarbonyl (C=S) groups is 1. The Kier molecular flexibility index (Phi) is 7.14. The first-order chi connectivity index (χ1) is 12.2. The number of carbonyl (C=O) groups excluding carboxylic acids is 1. The molecule has 25 heavy (non-hydrogen) atoms. The maximum Gasteiger partial charge on any atom is 0.222 e. The monoisotopic (exact) mass is 363 g/mol. The number of allylic oxidation sites excluding steroid dienone is 1. The maximum absolute atomic E-state index is 12.4. The van der Waals surface area contributed by atoms with E-state index >= 15 is 0 Å². The third-order valence-electron chi connectivity index (χ3n) is 5.95. The Labute approximate surface area is 157 Å². The predicted octanol–water partition coefficient (Wildman–Crippen LogP) is 3.52. The highest BCUT2D eigenvalue weighted by molar-refractivity contribution is 7.80. The van der Waals surface area contributed by atoms with Crippen molar-refractivity contribution in [3.8, 4) is 0 Å². The first-order valence-corrected chi connectivity index (χ1v) is 10.6. The Hall–Kier alpha value is -1.10. The van der Waals surface area contributed by atoms with E-state index in [9.17, 15) is 4.79 Å². The summed E-state index contributed by atoms with van der Waals surface area (Å²) in [7, 11) is 0. The van der Waals surface area contributed by atoms with E-state index in [4.69, 9.17) is 12.2 Å². The fourth-order valence-corrected chi connectivity index (χ4v) is 4.69. The number of unbranched alkanes of at least 4 members (excludes halogenated alkanes) is 1. The number of fused-ring (bicyclic) bond motifs is 1. The van der Waals surface area contributed by atoms with Gasteiger partial charge in [-0.3, -0.25) is 4.79 Å². The lowest BCUT2D eigenvalue weighted by molar-refractivity contribution is -0.131. The van der Waals surface area contributed by atoms with Gasteiger partial charge in [0.2, 0.25) is 5.91 Å². The molecular weight excluding hydrogens is 330 g/mol. The first-order valence-electron chi connectivity index (χ1n) is 10.2. The molecule has 0 aromatic rings. The van der Waals surface area contributed by atoms with E-state index in [2.05, 4.69) is 21.6 Å². The van der Waals surface area contributed by atoms with Crippen LogP contribution in [0.5, 0.6) is 0 Å². The second-order valence-corrected chi connectivity index (χ2v) is 8.26. The molecule has 0 radical (unpaired) electrons. The highest BCUT2D eigenvalue weighted by Crippen LogP contribution is 2.32. The lowest BCUT2D eigenvalue weighted by atomic mass is 9.82. The van der Waals surface area contributed by atoms with Crippen LogP contribution in [0.15, 0.2) is 11.6 Å². The van der Waals surface area contributed by atoms with Crippen LogP contribution in [0, 0.1) is 5.92 Å². The van der Waals surface area contributed by atoms with Crippen molar-refractivity contribution in [1.29, 1.82) is 0 Å². The predicted molar refractivity (Wildman–Crippen MR) is 106 cm³/mol. The van der Waals surface area contributed by atoms with Crippen molar-refractivity contribution in [2.75, 3.05) is 19.6 Å². The number of hydrogen-bond donors (Lipinski definition) is 2. The minimum Gasteiger partial charge on any atom is -0.363 e. The Morgan fingerprint density at radius 3 is 2.84 bits per heavy atom. The van der Waals surface area contributed by atoms with Gasteiger partial charge in [-0.25, -0.2) is 0 Å². The van der Waals surface area contributed by atoms with Crippen LogP contribution in [0.3, 0.4) is 0 Å². The van der Waals surface area contributed by atoms with Gasteiger partial charge >= 0.3 is 0 Å². The number of nitrogens with zero attached hydrogens (tertiary/aromatic N) is 1. The van der Waals surface area contributed by atoms with Gasteiger partial charge in [0.15, 0.2) is 5.11 Å². The van der Waals surface area contributed by atoms with Gasteiger partial charge in [0.05, 0.1) is 0 Å². The molecule has 1 unspecified atom stereocenters. The molecule has 3 rings (SSSR count). The largest absolute Gasteiger partial charge is 0.363 e. The number of rotatable bonds is 6. The van der Waals surface area contributed by atoms with Gasteiger partial charge in [0.25, 0.3) is 0 Å². The number of piperidine rings is 1. The summed E-state index contributed by atoms with van der Waals surface area (Å²) in [6.45, 7) is 2.70. The number of amides is 1. The van der Waals surface area contributed by atoms with Crippen molar-refractivity contribution in [1.82, 2.24) is 15.5 Å². The zero-order valence-corrected chi connectivity index (χ0v) is 16.2. The molecule has 4 nitrogen and oxygen atoms in total. The molecule has 0 bridgehead atoms. The highest BCUT2D eigenvalue weighted by Gasteiger charge is 2.27. The van der Waals surface area contributed by atoms with Crippen molar-refractivity contribution in [3.63, 3.8) is 0 Å². The van der Waals surface area contributed by atoms with E-state index in [-0.39, 0.29) is 0 Å². The molecule has 1 heterocycles. The van der Waals surface area contributed by atoms with Crippen LogP contribution in [-0.2, 0) is 4.79 Å². The fraction of sp³-hybridized carbons (Fsp3) is 0.800. The van der Waals surface area contributed by atoms with Gasteiger partial charge in [0.1, 0.15) is 0 Å². The summed E-state index contributed by atoms with van der Waals surface area (Å²) >= 11 is 5.34. The minimum absolute atomic E-state index is 0.330. The molecule has 3 aliphatic rings. The number of likely N-dealkylation sites (tertiary alicyclic amines) is 1. The Morgan fingerprint density at radius 1 is 1.16 bits per heavy atom. The SMILES string of the molecule is O=C(CCCCNC(=S)NC1CCCC1)N1CCC2CCCC=C2C1. The van der Waals surface area contributed by atoms with Crippen LogP contribution in [-0.4, -0.2) is 41.6 Å². The third-order valence-corrected chi connectivity index (χ3v) is 6.22. The van der Waals surface area contributed by atoms with E-state index in [1.165, 1.54) is 56.9 Å². The van der Waals surface area contributed by atoms with Crippen LogP contribution < -0.4 is 10.6 Å². The van der Waals surface area contributed by atoms with Gasteiger partial charge in [-0.05, 0) is 69.5 Å². The van der Waals surface area contributed by atoms with Crippen LogP contribution >= 0.6 is 12.2 Å². The zero-order chi connectivity index (χ0) is 17.5. The van der Waals surface area contributed by atoms with Gasteiger partial charge in [-0.15, -0.1) is 0 Å². The maximum atomic E-state index is 12.4. The van der Waals surface area contributed by atoms with E-state index in [1.54, 1.807) is 0 Å². The van der Waals surface area contributed by atoms with E-state index < -0.39 is 0 Å². The molecule has 1 aliphatic heterocycles. The molecule has 1 saturated carbocycles. The topological polar surface area (TPSA) is 44.4 Å². The zero-order valence-electron chi connectivity index (χ0n) is 15.4. The summed E-state index contributed by atoms with van der Waals surface area (Å²) in [5.74, 6) is 1.09. The molecule has 0 spiro atoms. The van der Waals surface area contributed by atoms with E-state index in [0.717, 1.165) is 43.5 Å². The smallest absolute Gasteiger partial charge is 0.222 e. The van der Waals surface area contributed by atoms with Gasteiger partial charge in [-0.1, -0.05) is 24.5 Å². The highest BCUT2D eigenvalue weighted by atomic mass is 32.1. The molecule has 0 aromatic carbocycles. The molecule has 2 aliphatic carbocycles. The van der Waals surface area contributed by atoms with Gasteiger partial charge < -0.3 is 15.5 Å². The number of carbonyl (C=O) groups is 1.